The van der Waals surface area contributed by atoms with Gasteiger partial charge in [0.25, 0.3) is 5.91 Å². The van der Waals surface area contributed by atoms with Crippen LogP contribution in [0, 0.1) is 13.8 Å². The van der Waals surface area contributed by atoms with E-state index in [1.165, 1.54) is 0 Å². The van der Waals surface area contributed by atoms with E-state index in [2.05, 4.69) is 5.32 Å². The van der Waals surface area contributed by atoms with Gasteiger partial charge in [0, 0.05) is 5.69 Å². The van der Waals surface area contributed by atoms with Crippen molar-refractivity contribution < 1.29 is 14.7 Å². The molecule has 0 aliphatic carbocycles. The van der Waals surface area contributed by atoms with E-state index in [1.54, 1.807) is 12.1 Å². The summed E-state index contributed by atoms with van der Waals surface area (Å²) in [6.45, 7) is 3.84. The number of anilines is 1. The third kappa shape index (κ3) is 3.48. The Hall–Kier alpha value is -1.52. The number of carbonyl (C=O) groups excluding carboxylic acids is 1. The number of halogens is 2. The molecule has 18 heavy (non-hydrogen) atoms. The maximum atomic E-state index is 11.6. The molecular weight excluding hydrogens is 277 g/mol. The first-order chi connectivity index (χ1) is 8.32. The number of benzene rings is 1. The van der Waals surface area contributed by atoms with Crippen molar-refractivity contribution in [1.29, 1.82) is 0 Å². The molecule has 0 fully saturated rings. The van der Waals surface area contributed by atoms with Crippen molar-refractivity contribution in [2.45, 2.75) is 13.8 Å². The average molecular weight is 288 g/mol. The minimum absolute atomic E-state index is 0.524. The number of nitrogens with one attached hydrogen (secondary N) is 1. The number of aryl methyl sites for hydroxylation is 2. The van der Waals surface area contributed by atoms with Crippen LogP contribution in [-0.2, 0) is 9.59 Å². The van der Waals surface area contributed by atoms with Crippen molar-refractivity contribution >= 4 is 40.8 Å². The molecule has 0 aliphatic rings. The Morgan fingerprint density at radius 1 is 1.11 bits per heavy atom. The fourth-order valence-electron chi connectivity index (χ4n) is 1.20. The monoisotopic (exact) mass is 287 g/mol. The van der Waals surface area contributed by atoms with Crippen molar-refractivity contribution in [3.8, 4) is 0 Å². The molecule has 0 heterocycles. The molecule has 96 valence electrons. The highest BCUT2D eigenvalue weighted by Gasteiger charge is 2.17. The first kappa shape index (κ1) is 14.5. The van der Waals surface area contributed by atoms with Crippen LogP contribution in [0.3, 0.4) is 0 Å². The van der Waals surface area contributed by atoms with Gasteiger partial charge in [-0.25, -0.2) is 4.79 Å². The summed E-state index contributed by atoms with van der Waals surface area (Å²) in [5.74, 6) is -2.20. The molecule has 6 heteroatoms. The lowest BCUT2D eigenvalue weighted by molar-refractivity contribution is -0.132. The molecule has 0 aromatic heterocycles. The van der Waals surface area contributed by atoms with Gasteiger partial charge < -0.3 is 10.4 Å². The zero-order valence-corrected chi connectivity index (χ0v) is 11.3. The molecule has 0 saturated heterocycles. The van der Waals surface area contributed by atoms with Gasteiger partial charge in [0.1, 0.15) is 10.1 Å². The van der Waals surface area contributed by atoms with Crippen LogP contribution in [0.2, 0.25) is 0 Å². The predicted octanol–water partition coefficient (Wildman–Crippen LogP) is 3.02. The Bertz CT molecular complexity index is 538. The molecule has 0 saturated carbocycles. The Kier molecular flexibility index (Phi) is 4.76. The Balaban J connectivity index is 2.92. The normalized spacial score (nSPS) is 11.8. The summed E-state index contributed by atoms with van der Waals surface area (Å²) in [6, 6.07) is 5.28. The summed E-state index contributed by atoms with van der Waals surface area (Å²) in [5.41, 5.74) is 2.60. The second-order valence-electron chi connectivity index (χ2n) is 3.69. The number of hydrogen-bond donors (Lipinski definition) is 2. The third-order valence-corrected chi connectivity index (χ3v) is 3.15. The summed E-state index contributed by atoms with van der Waals surface area (Å²) in [6.07, 6.45) is 0. The van der Waals surface area contributed by atoms with E-state index in [4.69, 9.17) is 28.3 Å². The zero-order chi connectivity index (χ0) is 13.9. The third-order valence-electron chi connectivity index (χ3n) is 2.34. The van der Waals surface area contributed by atoms with E-state index >= 15 is 0 Å². The molecule has 1 aromatic rings. The second-order valence-corrected chi connectivity index (χ2v) is 4.44. The van der Waals surface area contributed by atoms with Gasteiger partial charge >= 0.3 is 5.97 Å². The predicted molar refractivity (Wildman–Crippen MR) is 70.9 cm³/mol. The van der Waals surface area contributed by atoms with Crippen LogP contribution >= 0.6 is 23.2 Å². The van der Waals surface area contributed by atoms with Crippen molar-refractivity contribution in [2.24, 2.45) is 0 Å². The van der Waals surface area contributed by atoms with E-state index in [9.17, 15) is 9.59 Å². The van der Waals surface area contributed by atoms with Gasteiger partial charge in [0.15, 0.2) is 0 Å². The van der Waals surface area contributed by atoms with Crippen LogP contribution in [0.15, 0.2) is 28.3 Å². The van der Waals surface area contributed by atoms with Gasteiger partial charge in [-0.3, -0.25) is 4.79 Å². The number of hydrogen-bond acceptors (Lipinski definition) is 2. The van der Waals surface area contributed by atoms with E-state index in [0.717, 1.165) is 11.1 Å². The van der Waals surface area contributed by atoms with Crippen LogP contribution in [0.25, 0.3) is 0 Å². The summed E-state index contributed by atoms with van der Waals surface area (Å²) in [7, 11) is 0. The molecule has 0 radical (unpaired) electrons. The SMILES string of the molecule is Cc1ccc(NC(=O)/C(Cl)=C(/Cl)C(=O)O)cc1C. The Morgan fingerprint density at radius 2 is 1.72 bits per heavy atom. The topological polar surface area (TPSA) is 66.4 Å². The minimum Gasteiger partial charge on any atom is -0.477 e. The highest BCUT2D eigenvalue weighted by atomic mass is 35.5. The molecule has 4 nitrogen and oxygen atoms in total. The van der Waals surface area contributed by atoms with Crippen LogP contribution < -0.4 is 5.32 Å². The second kappa shape index (κ2) is 5.89. The van der Waals surface area contributed by atoms with Crippen molar-refractivity contribution in [3.63, 3.8) is 0 Å². The van der Waals surface area contributed by atoms with E-state index in [-0.39, 0.29) is 0 Å². The number of aliphatic carboxylic acids is 1. The fourth-order valence-corrected chi connectivity index (χ4v) is 1.41. The van der Waals surface area contributed by atoms with Crippen LogP contribution in [0.5, 0.6) is 0 Å². The molecule has 2 N–H and O–H groups in total. The highest BCUT2D eigenvalue weighted by Crippen LogP contribution is 2.19. The standard InChI is InChI=1S/C12H11Cl2NO3/c1-6-3-4-8(5-7(6)2)15-11(16)9(13)10(14)12(17)18/h3-5H,1-2H3,(H,15,16)(H,17,18)/b10-9-. The van der Waals surface area contributed by atoms with Crippen molar-refractivity contribution in [2.75, 3.05) is 5.32 Å². The largest absolute Gasteiger partial charge is 0.477 e. The zero-order valence-electron chi connectivity index (χ0n) is 9.75. The van der Waals surface area contributed by atoms with Gasteiger partial charge in [-0.2, -0.15) is 0 Å². The van der Waals surface area contributed by atoms with Crippen LogP contribution in [0.1, 0.15) is 11.1 Å². The molecule has 0 spiro atoms. The first-order valence-corrected chi connectivity index (χ1v) is 5.75. The lowest BCUT2D eigenvalue weighted by Gasteiger charge is -2.07. The minimum atomic E-state index is -1.45. The van der Waals surface area contributed by atoms with Gasteiger partial charge in [-0.15, -0.1) is 0 Å². The lowest BCUT2D eigenvalue weighted by Crippen LogP contribution is -2.14. The van der Waals surface area contributed by atoms with E-state index in [1.807, 2.05) is 19.9 Å². The molecule has 0 bridgehead atoms. The van der Waals surface area contributed by atoms with Crippen LogP contribution in [-0.4, -0.2) is 17.0 Å². The molecular formula is C12H11Cl2NO3. The summed E-state index contributed by atoms with van der Waals surface area (Å²) >= 11 is 10.9. The van der Waals surface area contributed by atoms with E-state index < -0.39 is 21.9 Å². The summed E-state index contributed by atoms with van der Waals surface area (Å²) in [5, 5.41) is 9.80. The van der Waals surface area contributed by atoms with Crippen LogP contribution in [0.4, 0.5) is 5.69 Å². The number of amides is 1. The van der Waals surface area contributed by atoms with Gasteiger partial charge in [-0.05, 0) is 37.1 Å². The molecule has 0 aliphatic heterocycles. The Labute approximate surface area is 114 Å². The van der Waals surface area contributed by atoms with Gasteiger partial charge in [0.2, 0.25) is 0 Å². The van der Waals surface area contributed by atoms with Crippen molar-refractivity contribution in [1.82, 2.24) is 0 Å². The number of carbonyl (C=O) groups is 2. The molecule has 0 atom stereocenters. The fraction of sp³-hybridized carbons (Fsp3) is 0.167. The van der Waals surface area contributed by atoms with E-state index in [0.29, 0.717) is 5.69 Å². The summed E-state index contributed by atoms with van der Waals surface area (Å²) in [4.78, 5) is 22.1. The van der Waals surface area contributed by atoms with Gasteiger partial charge in [0.05, 0.1) is 0 Å². The Morgan fingerprint density at radius 3 is 2.22 bits per heavy atom. The summed E-state index contributed by atoms with van der Waals surface area (Å²) < 4.78 is 0. The first-order valence-electron chi connectivity index (χ1n) is 5.00. The average Bonchev–Trinajstić information content (AvgIpc) is 2.31. The lowest BCUT2D eigenvalue weighted by atomic mass is 10.1. The smallest absolute Gasteiger partial charge is 0.349 e. The molecule has 1 amide bonds. The molecule has 0 unspecified atom stereocenters. The maximum absolute atomic E-state index is 11.6. The maximum Gasteiger partial charge on any atom is 0.349 e. The quantitative estimate of drug-likeness (QED) is 0.840. The van der Waals surface area contributed by atoms with Gasteiger partial charge in [-0.1, -0.05) is 29.3 Å². The number of carboxylic acids is 1. The van der Waals surface area contributed by atoms with Crippen molar-refractivity contribution in [3.05, 3.63) is 39.4 Å². The molecule has 1 rings (SSSR count). The number of rotatable bonds is 3. The number of carboxylic acid groups (broad SMARTS) is 1. The molecule has 1 aromatic carbocycles. The highest BCUT2D eigenvalue weighted by molar-refractivity contribution is 6.54.